The molecule has 0 saturated heterocycles. The average Bonchev–Trinajstić information content (AvgIpc) is 2.65. The van der Waals surface area contributed by atoms with Crippen LogP contribution < -0.4 is 4.74 Å². The van der Waals surface area contributed by atoms with Crippen LogP contribution in [-0.4, -0.2) is 54.2 Å². The van der Waals surface area contributed by atoms with Crippen LogP contribution in [0.4, 0.5) is 70.2 Å². The van der Waals surface area contributed by atoms with Gasteiger partial charge in [0, 0.05) is 5.56 Å². The Labute approximate surface area is 178 Å². The molecule has 0 amide bonds. The molecule has 1 aromatic carbocycles. The van der Waals surface area contributed by atoms with E-state index in [1.54, 1.807) is 0 Å². The van der Waals surface area contributed by atoms with E-state index in [0.717, 1.165) is 6.07 Å². The summed E-state index contributed by atoms with van der Waals surface area (Å²) in [6.45, 7) is 0. The smallest absolute Gasteiger partial charge is 0.460 e. The molecule has 0 spiro atoms. The number of aliphatic hydroxyl groups is 1. The number of alkyl halides is 16. The normalized spacial score (nSPS) is 16.9. The molecular weight excluding hydrogens is 528 g/mol. The number of hydrogen-bond donors (Lipinski definition) is 1. The van der Waals surface area contributed by atoms with E-state index in [0.29, 0.717) is 19.2 Å². The summed E-state index contributed by atoms with van der Waals surface area (Å²) in [6, 6.07) is 2.11. The Hall–Kier alpha value is -2.14. The molecule has 1 rings (SSSR count). The maximum atomic E-state index is 14.1. The van der Waals surface area contributed by atoms with Gasteiger partial charge in [0.1, 0.15) is 5.75 Å². The molecule has 1 N–H and O–H groups in total. The van der Waals surface area contributed by atoms with Gasteiger partial charge >= 0.3 is 42.0 Å². The fourth-order valence-corrected chi connectivity index (χ4v) is 2.57. The first-order valence-corrected chi connectivity index (χ1v) is 8.14. The highest BCUT2D eigenvalue weighted by molar-refractivity contribution is 5.39. The topological polar surface area (TPSA) is 29.5 Å². The van der Waals surface area contributed by atoms with E-state index in [4.69, 9.17) is 0 Å². The standard InChI is InChI=1S/C16H10F16O2/c1-34-8-5-3-2-4-7(8)9(33,15(27,28)29)6-10(17,18)11(19,20)12(21,22)13(23,24)14(25,26)16(30,31)32/h2-5,33H,6H2,1H3. The van der Waals surface area contributed by atoms with Crippen molar-refractivity contribution in [2.45, 2.75) is 54.0 Å². The van der Waals surface area contributed by atoms with E-state index in [2.05, 4.69) is 4.74 Å². The quantitative estimate of drug-likeness (QED) is 0.380. The van der Waals surface area contributed by atoms with Gasteiger partial charge in [0.15, 0.2) is 5.60 Å². The predicted molar refractivity (Wildman–Crippen MR) is 78.4 cm³/mol. The van der Waals surface area contributed by atoms with Crippen molar-refractivity contribution in [3.63, 3.8) is 0 Å². The van der Waals surface area contributed by atoms with Crippen molar-refractivity contribution < 1.29 is 80.1 Å². The summed E-state index contributed by atoms with van der Waals surface area (Å²) in [6.07, 6.45) is -18.0. The molecule has 0 bridgehead atoms. The predicted octanol–water partition coefficient (Wildman–Crippen LogP) is 6.57. The molecule has 0 radical (unpaired) electrons. The van der Waals surface area contributed by atoms with Crippen LogP contribution in [0.25, 0.3) is 0 Å². The summed E-state index contributed by atoms with van der Waals surface area (Å²) < 4.78 is 216. The van der Waals surface area contributed by atoms with Crippen molar-refractivity contribution in [1.29, 1.82) is 0 Å². The maximum absolute atomic E-state index is 14.1. The van der Waals surface area contributed by atoms with Crippen LogP contribution in [0.1, 0.15) is 12.0 Å². The van der Waals surface area contributed by atoms with Gasteiger partial charge < -0.3 is 9.84 Å². The summed E-state index contributed by atoms with van der Waals surface area (Å²) in [5.41, 5.74) is -7.10. The van der Waals surface area contributed by atoms with Crippen molar-refractivity contribution in [3.8, 4) is 5.75 Å². The molecule has 0 aliphatic heterocycles. The van der Waals surface area contributed by atoms with Crippen molar-refractivity contribution in [3.05, 3.63) is 29.8 Å². The third-order valence-corrected chi connectivity index (χ3v) is 4.50. The molecule has 1 aromatic rings. The van der Waals surface area contributed by atoms with E-state index in [-0.39, 0.29) is 6.07 Å². The first kappa shape index (κ1) is 29.9. The molecule has 0 aromatic heterocycles. The fraction of sp³-hybridized carbons (Fsp3) is 0.625. The van der Waals surface area contributed by atoms with Crippen molar-refractivity contribution in [2.24, 2.45) is 0 Å². The van der Waals surface area contributed by atoms with Gasteiger partial charge in [-0.1, -0.05) is 18.2 Å². The lowest BCUT2D eigenvalue weighted by Gasteiger charge is -2.42. The van der Waals surface area contributed by atoms with Gasteiger partial charge in [-0.3, -0.25) is 0 Å². The van der Waals surface area contributed by atoms with Crippen molar-refractivity contribution >= 4 is 0 Å². The number of methoxy groups -OCH3 is 1. The fourth-order valence-electron chi connectivity index (χ4n) is 2.57. The Morgan fingerprint density at radius 1 is 0.618 bits per heavy atom. The lowest BCUT2D eigenvalue weighted by Crippen LogP contribution is -2.70. The third-order valence-electron chi connectivity index (χ3n) is 4.50. The van der Waals surface area contributed by atoms with E-state index in [9.17, 15) is 75.4 Å². The minimum Gasteiger partial charge on any atom is -0.496 e. The molecule has 1 unspecified atom stereocenters. The van der Waals surface area contributed by atoms with Crippen LogP contribution in [0.15, 0.2) is 24.3 Å². The number of para-hydroxylation sites is 1. The zero-order valence-corrected chi connectivity index (χ0v) is 15.9. The first-order valence-electron chi connectivity index (χ1n) is 8.14. The van der Waals surface area contributed by atoms with E-state index in [1.165, 1.54) is 0 Å². The van der Waals surface area contributed by atoms with Crippen LogP contribution in [0.3, 0.4) is 0 Å². The molecule has 2 nitrogen and oxygen atoms in total. The first-order chi connectivity index (χ1) is 14.8. The van der Waals surface area contributed by atoms with Gasteiger partial charge in [0.05, 0.1) is 13.5 Å². The number of benzene rings is 1. The monoisotopic (exact) mass is 538 g/mol. The molecule has 1 atom stereocenters. The molecule has 0 aliphatic carbocycles. The molecule has 0 heterocycles. The highest BCUT2D eigenvalue weighted by Gasteiger charge is 2.91. The minimum absolute atomic E-state index is 0.130. The highest BCUT2D eigenvalue weighted by atomic mass is 19.4. The second-order valence-corrected chi connectivity index (χ2v) is 6.73. The Bertz CT molecular complexity index is 872. The largest absolute Gasteiger partial charge is 0.496 e. The molecule has 18 heteroatoms. The molecule has 34 heavy (non-hydrogen) atoms. The van der Waals surface area contributed by atoms with Crippen LogP contribution in [-0.2, 0) is 5.60 Å². The van der Waals surface area contributed by atoms with Crippen LogP contribution in [0, 0.1) is 0 Å². The Balaban J connectivity index is 3.73. The molecule has 0 saturated carbocycles. The van der Waals surface area contributed by atoms with Gasteiger partial charge in [-0.25, -0.2) is 0 Å². The molecule has 0 aliphatic rings. The summed E-state index contributed by atoms with van der Waals surface area (Å²) in [5, 5.41) is 9.81. The third kappa shape index (κ3) is 4.21. The Morgan fingerprint density at radius 3 is 1.41 bits per heavy atom. The Morgan fingerprint density at radius 2 is 1.03 bits per heavy atom. The lowest BCUT2D eigenvalue weighted by molar-refractivity contribution is -0.443. The Kier molecular flexibility index (Phi) is 7.23. The lowest BCUT2D eigenvalue weighted by atomic mass is 9.82. The second-order valence-electron chi connectivity index (χ2n) is 6.73. The van der Waals surface area contributed by atoms with Crippen LogP contribution in [0.2, 0.25) is 0 Å². The zero-order valence-electron chi connectivity index (χ0n) is 15.9. The number of rotatable bonds is 8. The number of halogens is 16. The minimum atomic E-state index is -8.30. The van der Waals surface area contributed by atoms with Crippen LogP contribution in [0.5, 0.6) is 5.75 Å². The highest BCUT2D eigenvalue weighted by Crippen LogP contribution is 2.62. The number of ether oxygens (including phenoxy) is 1. The maximum Gasteiger partial charge on any atom is 0.460 e. The SMILES string of the molecule is COc1ccccc1C(O)(CC(F)(F)C(F)(F)C(F)(F)C(F)(F)C(F)(F)C(F)(F)F)C(F)(F)F. The van der Waals surface area contributed by atoms with Crippen molar-refractivity contribution in [2.75, 3.05) is 7.11 Å². The second kappa shape index (κ2) is 8.22. The van der Waals surface area contributed by atoms with Crippen LogP contribution >= 0.6 is 0 Å². The summed E-state index contributed by atoms with van der Waals surface area (Å²) >= 11 is 0. The average molecular weight is 538 g/mol. The van der Waals surface area contributed by atoms with E-state index in [1.807, 2.05) is 0 Å². The summed E-state index contributed by atoms with van der Waals surface area (Å²) in [4.78, 5) is 0. The van der Waals surface area contributed by atoms with Gasteiger partial charge in [0.2, 0.25) is 0 Å². The van der Waals surface area contributed by atoms with E-state index < -0.39 is 65.3 Å². The van der Waals surface area contributed by atoms with Crippen molar-refractivity contribution in [1.82, 2.24) is 0 Å². The number of hydrogen-bond acceptors (Lipinski definition) is 2. The zero-order chi connectivity index (χ0) is 27.4. The molecule has 198 valence electrons. The van der Waals surface area contributed by atoms with Gasteiger partial charge in [-0.05, 0) is 6.07 Å². The van der Waals surface area contributed by atoms with E-state index >= 15 is 0 Å². The summed E-state index contributed by atoms with van der Waals surface area (Å²) in [7, 11) is 0.580. The summed E-state index contributed by atoms with van der Waals surface area (Å²) in [5.74, 6) is -40.9. The van der Waals surface area contributed by atoms with Gasteiger partial charge in [-0.2, -0.15) is 70.2 Å². The van der Waals surface area contributed by atoms with Gasteiger partial charge in [-0.15, -0.1) is 0 Å². The molecular formula is C16H10F16O2. The van der Waals surface area contributed by atoms with Gasteiger partial charge in [0.25, 0.3) is 0 Å². The molecule has 0 fully saturated rings.